The van der Waals surface area contributed by atoms with Gasteiger partial charge >= 0.3 is 0 Å². The van der Waals surface area contributed by atoms with Crippen molar-refractivity contribution in [2.45, 2.75) is 17.8 Å². The van der Waals surface area contributed by atoms with E-state index in [4.69, 9.17) is 0 Å². The van der Waals surface area contributed by atoms with Crippen LogP contribution in [0.25, 0.3) is 0 Å². The molecule has 2 rings (SSSR count). The Labute approximate surface area is 111 Å². The van der Waals surface area contributed by atoms with E-state index in [-0.39, 0.29) is 5.56 Å². The van der Waals surface area contributed by atoms with Crippen molar-refractivity contribution in [1.82, 2.24) is 15.0 Å². The minimum Gasteiger partial charge on any atom is -0.301 e. The first kappa shape index (κ1) is 12.3. The number of nitrogens with zero attached hydrogens (tertiary/aromatic N) is 2. The quantitative estimate of drug-likeness (QED) is 0.699. The van der Waals surface area contributed by atoms with Gasteiger partial charge in [-0.3, -0.25) is 9.78 Å². The molecule has 0 aliphatic heterocycles. The van der Waals surface area contributed by atoms with Gasteiger partial charge in [0.1, 0.15) is 0 Å². The molecule has 0 saturated carbocycles. The van der Waals surface area contributed by atoms with Gasteiger partial charge in [0.15, 0.2) is 5.16 Å². The molecule has 0 spiro atoms. The third-order valence-electron chi connectivity index (χ3n) is 1.99. The fourth-order valence-corrected chi connectivity index (χ4v) is 2.56. The number of pyridine rings is 1. The lowest BCUT2D eigenvalue weighted by molar-refractivity contribution is 0.905. The van der Waals surface area contributed by atoms with Crippen molar-refractivity contribution in [1.29, 1.82) is 0 Å². The molecule has 4 nitrogen and oxygen atoms in total. The summed E-state index contributed by atoms with van der Waals surface area (Å²) in [4.78, 5) is 22.3. The number of thioether (sulfide) groups is 1. The fraction of sp³-hybridized carbons (Fsp3) is 0.182. The minimum absolute atomic E-state index is 0.118. The summed E-state index contributed by atoms with van der Waals surface area (Å²) in [5, 5.41) is 0.634. The molecule has 17 heavy (non-hydrogen) atoms. The predicted molar refractivity (Wildman–Crippen MR) is 71.1 cm³/mol. The number of H-pyrrole nitrogens is 1. The maximum atomic E-state index is 11.2. The topological polar surface area (TPSA) is 58.6 Å². The van der Waals surface area contributed by atoms with Gasteiger partial charge in [0.25, 0.3) is 5.56 Å². The van der Waals surface area contributed by atoms with Crippen molar-refractivity contribution in [3.05, 3.63) is 50.6 Å². The standard InChI is InChI=1S/C11H10BrN3OS/c1-7-2-10(16)15-11(14-7)17-6-8-3-9(12)5-13-4-8/h2-5H,6H2,1H3,(H,14,15,16). The van der Waals surface area contributed by atoms with Crippen molar-refractivity contribution in [3.8, 4) is 0 Å². The highest BCUT2D eigenvalue weighted by Crippen LogP contribution is 2.19. The van der Waals surface area contributed by atoms with Crippen LogP contribution < -0.4 is 5.56 Å². The van der Waals surface area contributed by atoms with Crippen molar-refractivity contribution < 1.29 is 0 Å². The van der Waals surface area contributed by atoms with Gasteiger partial charge in [-0.2, -0.15) is 0 Å². The number of hydrogen-bond donors (Lipinski definition) is 1. The van der Waals surface area contributed by atoms with Crippen molar-refractivity contribution in [2.24, 2.45) is 0 Å². The Kier molecular flexibility index (Phi) is 3.96. The summed E-state index contributed by atoms with van der Waals surface area (Å²) in [5.74, 6) is 0.721. The maximum Gasteiger partial charge on any atom is 0.251 e. The third kappa shape index (κ3) is 3.67. The average molecular weight is 312 g/mol. The zero-order valence-electron chi connectivity index (χ0n) is 9.11. The molecule has 6 heteroatoms. The van der Waals surface area contributed by atoms with Crippen LogP contribution in [0.3, 0.4) is 0 Å². The molecular weight excluding hydrogens is 302 g/mol. The highest BCUT2D eigenvalue weighted by molar-refractivity contribution is 9.10. The number of aryl methyl sites for hydroxylation is 1. The van der Waals surface area contributed by atoms with Crippen LogP contribution in [-0.4, -0.2) is 15.0 Å². The summed E-state index contributed by atoms with van der Waals surface area (Å²) >= 11 is 4.85. The average Bonchev–Trinajstić information content (AvgIpc) is 2.25. The number of rotatable bonds is 3. The number of nitrogens with one attached hydrogen (secondary N) is 1. The maximum absolute atomic E-state index is 11.2. The van der Waals surface area contributed by atoms with Gasteiger partial charge in [0.05, 0.1) is 0 Å². The van der Waals surface area contributed by atoms with Crippen LogP contribution in [0, 0.1) is 6.92 Å². The van der Waals surface area contributed by atoms with E-state index < -0.39 is 0 Å². The Hall–Kier alpha value is -1.14. The van der Waals surface area contributed by atoms with Crippen LogP contribution >= 0.6 is 27.7 Å². The first-order chi connectivity index (χ1) is 8.13. The Bertz CT molecular complexity index is 585. The van der Waals surface area contributed by atoms with Gasteiger partial charge in [-0.05, 0) is 34.5 Å². The molecule has 0 radical (unpaired) electrons. The minimum atomic E-state index is -0.118. The zero-order valence-corrected chi connectivity index (χ0v) is 11.5. The summed E-state index contributed by atoms with van der Waals surface area (Å²) in [6.07, 6.45) is 3.53. The van der Waals surface area contributed by atoms with E-state index >= 15 is 0 Å². The first-order valence-corrected chi connectivity index (χ1v) is 6.71. The molecule has 0 aliphatic carbocycles. The van der Waals surface area contributed by atoms with Gasteiger partial charge in [-0.25, -0.2) is 4.98 Å². The number of hydrogen-bond acceptors (Lipinski definition) is 4. The highest BCUT2D eigenvalue weighted by Gasteiger charge is 2.01. The molecule has 0 aromatic carbocycles. The molecule has 2 heterocycles. The van der Waals surface area contributed by atoms with Crippen LogP contribution in [0.5, 0.6) is 0 Å². The van der Waals surface area contributed by atoms with E-state index in [1.54, 1.807) is 19.3 Å². The van der Waals surface area contributed by atoms with E-state index in [1.807, 2.05) is 6.07 Å². The van der Waals surface area contributed by atoms with Crippen LogP contribution in [-0.2, 0) is 5.75 Å². The van der Waals surface area contributed by atoms with Crippen molar-refractivity contribution in [3.63, 3.8) is 0 Å². The Morgan fingerprint density at radius 2 is 2.24 bits per heavy atom. The smallest absolute Gasteiger partial charge is 0.251 e. The molecule has 0 unspecified atom stereocenters. The van der Waals surface area contributed by atoms with E-state index in [1.165, 1.54) is 17.8 Å². The van der Waals surface area contributed by atoms with Gasteiger partial charge in [0.2, 0.25) is 0 Å². The monoisotopic (exact) mass is 311 g/mol. The summed E-state index contributed by atoms with van der Waals surface area (Å²) < 4.78 is 0.946. The highest BCUT2D eigenvalue weighted by atomic mass is 79.9. The van der Waals surface area contributed by atoms with Crippen LogP contribution in [0.15, 0.2) is 39.0 Å². The summed E-state index contributed by atoms with van der Waals surface area (Å²) in [6.45, 7) is 1.81. The van der Waals surface area contributed by atoms with Gasteiger partial charge in [0, 0.05) is 34.4 Å². The SMILES string of the molecule is Cc1cc(=O)[nH]c(SCc2cncc(Br)c2)n1. The number of aromatic amines is 1. The molecule has 0 saturated heterocycles. The summed E-state index contributed by atoms with van der Waals surface area (Å²) in [5.41, 5.74) is 1.68. The third-order valence-corrected chi connectivity index (χ3v) is 3.36. The molecule has 0 atom stereocenters. The molecule has 0 aliphatic rings. The molecule has 1 N–H and O–H groups in total. The molecule has 0 bridgehead atoms. The normalized spacial score (nSPS) is 10.5. The second-order valence-corrected chi connectivity index (χ2v) is 5.37. The molecule has 0 fully saturated rings. The second kappa shape index (κ2) is 5.46. The van der Waals surface area contributed by atoms with Crippen molar-refractivity contribution >= 4 is 27.7 Å². The molecular formula is C11H10BrN3OS. The lowest BCUT2D eigenvalue weighted by Gasteiger charge is -2.02. The molecule has 2 aromatic heterocycles. The van der Waals surface area contributed by atoms with Crippen LogP contribution in [0.4, 0.5) is 0 Å². The van der Waals surface area contributed by atoms with E-state index in [0.29, 0.717) is 5.16 Å². The molecule has 88 valence electrons. The van der Waals surface area contributed by atoms with E-state index in [9.17, 15) is 4.79 Å². The Morgan fingerprint density at radius 1 is 1.41 bits per heavy atom. The Balaban J connectivity index is 2.09. The lowest BCUT2D eigenvalue weighted by Crippen LogP contribution is -2.08. The number of halogens is 1. The van der Waals surface area contributed by atoms with Crippen LogP contribution in [0.1, 0.15) is 11.3 Å². The number of aromatic nitrogens is 3. The van der Waals surface area contributed by atoms with Gasteiger partial charge < -0.3 is 4.98 Å². The van der Waals surface area contributed by atoms with Gasteiger partial charge in [-0.15, -0.1) is 0 Å². The van der Waals surface area contributed by atoms with Crippen LogP contribution in [0.2, 0.25) is 0 Å². The van der Waals surface area contributed by atoms with Crippen molar-refractivity contribution in [2.75, 3.05) is 0 Å². The summed E-state index contributed by atoms with van der Waals surface area (Å²) in [6, 6.07) is 3.47. The first-order valence-electron chi connectivity index (χ1n) is 4.94. The predicted octanol–water partition coefficient (Wildman–Crippen LogP) is 2.53. The molecule has 2 aromatic rings. The lowest BCUT2D eigenvalue weighted by atomic mass is 10.3. The Morgan fingerprint density at radius 3 is 2.94 bits per heavy atom. The molecule has 0 amide bonds. The fourth-order valence-electron chi connectivity index (χ4n) is 1.31. The largest absolute Gasteiger partial charge is 0.301 e. The zero-order chi connectivity index (χ0) is 12.3. The second-order valence-electron chi connectivity index (χ2n) is 3.49. The van der Waals surface area contributed by atoms with E-state index in [0.717, 1.165) is 21.5 Å². The summed E-state index contributed by atoms with van der Waals surface area (Å²) in [7, 11) is 0. The van der Waals surface area contributed by atoms with E-state index in [2.05, 4.69) is 30.9 Å². The van der Waals surface area contributed by atoms with Gasteiger partial charge in [-0.1, -0.05) is 11.8 Å².